The predicted molar refractivity (Wildman–Crippen MR) is 77.8 cm³/mol. The molecule has 0 amide bonds. The summed E-state index contributed by atoms with van der Waals surface area (Å²) in [5.74, 6) is 0. The van der Waals surface area contributed by atoms with Crippen molar-refractivity contribution in [3.8, 4) is 0 Å². The van der Waals surface area contributed by atoms with Crippen LogP contribution in [-0.2, 0) is 11.2 Å². The van der Waals surface area contributed by atoms with E-state index < -0.39 is 24.5 Å². The molecule has 0 spiro atoms. The molecule has 0 aliphatic carbocycles. The summed E-state index contributed by atoms with van der Waals surface area (Å²) in [4.78, 5) is 3.22. The van der Waals surface area contributed by atoms with Gasteiger partial charge in [-0.05, 0) is 18.1 Å². The number of H-pyrrole nitrogens is 1. The molecular weight excluding hydrogens is 272 g/mol. The third kappa shape index (κ3) is 2.95. The Labute approximate surface area is 122 Å². The summed E-state index contributed by atoms with van der Waals surface area (Å²) in [5, 5.41) is 33.1. The summed E-state index contributed by atoms with van der Waals surface area (Å²) >= 11 is 0. The van der Waals surface area contributed by atoms with E-state index in [0.29, 0.717) is 6.54 Å². The molecule has 1 fully saturated rings. The van der Waals surface area contributed by atoms with Gasteiger partial charge in [0, 0.05) is 23.6 Å². The lowest BCUT2D eigenvalue weighted by Crippen LogP contribution is -2.58. The number of nitrogens with one attached hydrogen (secondary N) is 2. The van der Waals surface area contributed by atoms with Crippen LogP contribution in [0.4, 0.5) is 0 Å². The molecule has 6 heteroatoms. The number of ether oxygens (including phenoxy) is 1. The van der Waals surface area contributed by atoms with Gasteiger partial charge < -0.3 is 25.0 Å². The Balaban J connectivity index is 1.56. The highest BCUT2D eigenvalue weighted by Crippen LogP contribution is 2.18. The lowest BCUT2D eigenvalue weighted by Gasteiger charge is -2.35. The zero-order valence-electron chi connectivity index (χ0n) is 11.6. The maximum atomic E-state index is 9.83. The van der Waals surface area contributed by atoms with E-state index in [1.165, 1.54) is 10.9 Å². The SMILES string of the molecule is O[C@H]1[C@H](O)COC(NCCc2c[nH]c3ccccc23)[C@@H]1O. The van der Waals surface area contributed by atoms with Gasteiger partial charge in [0.05, 0.1) is 6.61 Å². The van der Waals surface area contributed by atoms with Crippen LogP contribution in [0.1, 0.15) is 5.56 Å². The van der Waals surface area contributed by atoms with E-state index in [9.17, 15) is 15.3 Å². The molecular formula is C15H20N2O4. The molecule has 5 N–H and O–H groups in total. The van der Waals surface area contributed by atoms with Crippen LogP contribution in [0.3, 0.4) is 0 Å². The van der Waals surface area contributed by atoms with Crippen LogP contribution in [0, 0.1) is 0 Å². The van der Waals surface area contributed by atoms with Crippen molar-refractivity contribution in [1.82, 2.24) is 10.3 Å². The van der Waals surface area contributed by atoms with Crippen molar-refractivity contribution in [2.75, 3.05) is 13.2 Å². The number of hydrogen-bond acceptors (Lipinski definition) is 5. The molecule has 4 atom stereocenters. The Morgan fingerprint density at radius 2 is 2.00 bits per heavy atom. The normalized spacial score (nSPS) is 29.9. The van der Waals surface area contributed by atoms with Gasteiger partial charge in [-0.15, -0.1) is 0 Å². The van der Waals surface area contributed by atoms with Crippen molar-refractivity contribution >= 4 is 10.9 Å². The third-order valence-corrected chi connectivity index (χ3v) is 3.92. The second kappa shape index (κ2) is 6.13. The monoisotopic (exact) mass is 292 g/mol. The van der Waals surface area contributed by atoms with E-state index in [1.54, 1.807) is 0 Å². The van der Waals surface area contributed by atoms with Gasteiger partial charge in [0.25, 0.3) is 0 Å². The van der Waals surface area contributed by atoms with Crippen LogP contribution >= 0.6 is 0 Å². The highest BCUT2D eigenvalue weighted by atomic mass is 16.5. The van der Waals surface area contributed by atoms with Crippen LogP contribution in [0.5, 0.6) is 0 Å². The van der Waals surface area contributed by atoms with Crippen molar-refractivity contribution in [3.63, 3.8) is 0 Å². The van der Waals surface area contributed by atoms with Crippen molar-refractivity contribution in [3.05, 3.63) is 36.0 Å². The Hall–Kier alpha value is -1.44. The second-order valence-corrected chi connectivity index (χ2v) is 5.37. The van der Waals surface area contributed by atoms with Crippen molar-refractivity contribution in [2.24, 2.45) is 0 Å². The molecule has 1 unspecified atom stereocenters. The Morgan fingerprint density at radius 1 is 1.19 bits per heavy atom. The van der Waals surface area contributed by atoms with E-state index in [1.807, 2.05) is 24.4 Å². The minimum Gasteiger partial charge on any atom is -0.388 e. The van der Waals surface area contributed by atoms with Crippen molar-refractivity contribution in [1.29, 1.82) is 0 Å². The van der Waals surface area contributed by atoms with Gasteiger partial charge in [0.1, 0.15) is 24.5 Å². The molecule has 1 aromatic carbocycles. The lowest BCUT2D eigenvalue weighted by molar-refractivity contribution is -0.194. The smallest absolute Gasteiger partial charge is 0.137 e. The standard InChI is InChI=1S/C15H20N2O4/c18-12-8-21-15(14(20)13(12)19)16-6-5-9-7-17-11-4-2-1-3-10(9)11/h1-4,7,12-20H,5-6,8H2/t12-,13+,14-,15?/m1/s1. The van der Waals surface area contributed by atoms with Crippen LogP contribution in [0.15, 0.2) is 30.5 Å². The molecule has 1 aliphatic heterocycles. The van der Waals surface area contributed by atoms with Gasteiger partial charge in [-0.1, -0.05) is 18.2 Å². The Bertz CT molecular complexity index is 600. The Kier molecular flexibility index (Phi) is 4.23. The fourth-order valence-corrected chi connectivity index (χ4v) is 2.67. The quantitative estimate of drug-likeness (QED) is 0.535. The summed E-state index contributed by atoms with van der Waals surface area (Å²) in [6.45, 7) is 0.620. The van der Waals surface area contributed by atoms with Gasteiger partial charge in [0.15, 0.2) is 0 Å². The largest absolute Gasteiger partial charge is 0.388 e. The van der Waals surface area contributed by atoms with Crippen molar-refractivity contribution < 1.29 is 20.1 Å². The third-order valence-electron chi connectivity index (χ3n) is 3.92. The summed E-state index contributed by atoms with van der Waals surface area (Å²) in [7, 11) is 0. The average molecular weight is 292 g/mol. The van der Waals surface area contributed by atoms with Crippen LogP contribution in [0.25, 0.3) is 10.9 Å². The maximum Gasteiger partial charge on any atom is 0.137 e. The van der Waals surface area contributed by atoms with Crippen LogP contribution < -0.4 is 5.32 Å². The van der Waals surface area contributed by atoms with Crippen molar-refractivity contribution in [2.45, 2.75) is 31.0 Å². The fraction of sp³-hybridized carbons (Fsp3) is 0.467. The van der Waals surface area contributed by atoms with E-state index in [2.05, 4.69) is 16.4 Å². The molecule has 6 nitrogen and oxygen atoms in total. The molecule has 3 rings (SSSR count). The number of aliphatic hydroxyl groups is 3. The number of aliphatic hydroxyl groups excluding tert-OH is 3. The zero-order valence-corrected chi connectivity index (χ0v) is 11.6. The molecule has 1 aromatic heterocycles. The minimum absolute atomic E-state index is 0.0168. The second-order valence-electron chi connectivity index (χ2n) is 5.37. The van der Waals surface area contributed by atoms with Gasteiger partial charge in [-0.3, -0.25) is 5.32 Å². The first kappa shape index (κ1) is 14.5. The molecule has 1 aliphatic rings. The highest BCUT2D eigenvalue weighted by molar-refractivity contribution is 5.83. The van der Waals surface area contributed by atoms with E-state index in [4.69, 9.17) is 4.74 Å². The summed E-state index contributed by atoms with van der Waals surface area (Å²) in [6, 6.07) is 8.07. The summed E-state index contributed by atoms with van der Waals surface area (Å²) < 4.78 is 5.30. The molecule has 2 aromatic rings. The molecule has 0 radical (unpaired) electrons. The number of hydrogen-bond donors (Lipinski definition) is 5. The van der Waals surface area contributed by atoms with Gasteiger partial charge in [-0.2, -0.15) is 0 Å². The predicted octanol–water partition coefficient (Wildman–Crippen LogP) is -0.261. The number of aromatic amines is 1. The van der Waals surface area contributed by atoms with E-state index in [0.717, 1.165) is 11.9 Å². The number of fused-ring (bicyclic) bond motifs is 1. The molecule has 1 saturated heterocycles. The van der Waals surface area contributed by atoms with E-state index >= 15 is 0 Å². The average Bonchev–Trinajstić information content (AvgIpc) is 2.91. The molecule has 114 valence electrons. The van der Waals surface area contributed by atoms with Gasteiger partial charge in [-0.25, -0.2) is 0 Å². The lowest BCUT2D eigenvalue weighted by atomic mass is 10.0. The fourth-order valence-electron chi connectivity index (χ4n) is 2.67. The Morgan fingerprint density at radius 3 is 2.86 bits per heavy atom. The first-order chi connectivity index (χ1) is 10.2. The molecule has 2 heterocycles. The summed E-state index contributed by atoms with van der Waals surface area (Å²) in [6.07, 6.45) is -1.25. The first-order valence-electron chi connectivity index (χ1n) is 7.11. The molecule has 0 saturated carbocycles. The minimum atomic E-state index is -1.18. The number of rotatable bonds is 4. The topological polar surface area (TPSA) is 97.7 Å². The van der Waals surface area contributed by atoms with Gasteiger partial charge >= 0.3 is 0 Å². The summed E-state index contributed by atoms with van der Waals surface area (Å²) in [5.41, 5.74) is 2.28. The van der Waals surface area contributed by atoms with Crippen LogP contribution in [0.2, 0.25) is 0 Å². The number of aromatic nitrogens is 1. The number of benzene rings is 1. The molecule has 0 bridgehead atoms. The van der Waals surface area contributed by atoms with Gasteiger partial charge in [0.2, 0.25) is 0 Å². The highest BCUT2D eigenvalue weighted by Gasteiger charge is 2.37. The zero-order chi connectivity index (χ0) is 14.8. The first-order valence-corrected chi connectivity index (χ1v) is 7.11. The molecule has 21 heavy (non-hydrogen) atoms. The number of para-hydroxylation sites is 1. The van der Waals surface area contributed by atoms with E-state index in [-0.39, 0.29) is 6.61 Å². The van der Waals surface area contributed by atoms with Crippen LogP contribution in [-0.4, -0.2) is 58.0 Å². The maximum absolute atomic E-state index is 9.83.